The van der Waals surface area contributed by atoms with E-state index in [2.05, 4.69) is 5.10 Å². The van der Waals surface area contributed by atoms with Gasteiger partial charge in [0.05, 0.1) is 5.69 Å². The van der Waals surface area contributed by atoms with Crippen molar-refractivity contribution in [2.24, 2.45) is 7.05 Å². The zero-order chi connectivity index (χ0) is 10.8. The van der Waals surface area contributed by atoms with Crippen LogP contribution in [0.2, 0.25) is 0 Å². The molecule has 0 saturated carbocycles. The summed E-state index contributed by atoms with van der Waals surface area (Å²) in [5.74, 6) is 1.48. The van der Waals surface area contributed by atoms with Crippen LogP contribution in [-0.2, 0) is 7.05 Å². The van der Waals surface area contributed by atoms with Gasteiger partial charge in [-0.05, 0) is 31.2 Å². The van der Waals surface area contributed by atoms with Crippen molar-refractivity contribution in [2.75, 3.05) is 5.73 Å². The lowest BCUT2D eigenvalue weighted by Crippen LogP contribution is -1.95. The fraction of sp³-hybridized carbons (Fsp3) is 0.182. The van der Waals surface area contributed by atoms with E-state index in [1.807, 2.05) is 32.2 Å². The summed E-state index contributed by atoms with van der Waals surface area (Å²) in [6, 6.07) is 9.16. The molecule has 0 amide bonds. The lowest BCUT2D eigenvalue weighted by atomic mass is 10.3. The second kappa shape index (κ2) is 3.65. The van der Waals surface area contributed by atoms with Gasteiger partial charge in [0.2, 0.25) is 5.88 Å². The number of nitrogens with two attached hydrogens (primary N) is 1. The Kier molecular flexibility index (Phi) is 2.33. The zero-order valence-electron chi connectivity index (χ0n) is 8.77. The van der Waals surface area contributed by atoms with Crippen LogP contribution in [0.25, 0.3) is 0 Å². The third-order valence-electron chi connectivity index (χ3n) is 2.06. The molecule has 0 radical (unpaired) electrons. The number of anilines is 1. The minimum atomic E-state index is 0.720. The summed E-state index contributed by atoms with van der Waals surface area (Å²) in [5, 5.41) is 4.19. The number of aromatic nitrogens is 2. The van der Waals surface area contributed by atoms with Crippen molar-refractivity contribution >= 4 is 5.69 Å². The summed E-state index contributed by atoms with van der Waals surface area (Å²) in [7, 11) is 1.85. The normalized spacial score (nSPS) is 10.3. The Morgan fingerprint density at radius 3 is 2.47 bits per heavy atom. The number of hydrogen-bond donors (Lipinski definition) is 1. The molecule has 1 aromatic heterocycles. The fourth-order valence-electron chi connectivity index (χ4n) is 1.34. The molecule has 2 aromatic rings. The topological polar surface area (TPSA) is 53.1 Å². The van der Waals surface area contributed by atoms with Crippen LogP contribution in [-0.4, -0.2) is 9.78 Å². The SMILES string of the molecule is Cc1cc(Oc2ccc(N)cc2)n(C)n1. The average Bonchev–Trinajstić information content (AvgIpc) is 2.49. The molecule has 0 fully saturated rings. The Labute approximate surface area is 88.3 Å². The molecule has 15 heavy (non-hydrogen) atoms. The van der Waals surface area contributed by atoms with Crippen LogP contribution in [0.4, 0.5) is 5.69 Å². The van der Waals surface area contributed by atoms with Crippen molar-refractivity contribution in [3.05, 3.63) is 36.0 Å². The molecule has 0 atom stereocenters. The van der Waals surface area contributed by atoms with Crippen molar-refractivity contribution in [2.45, 2.75) is 6.92 Å². The number of ether oxygens (including phenoxy) is 1. The summed E-state index contributed by atoms with van der Waals surface area (Å²) in [6.07, 6.45) is 0. The van der Waals surface area contributed by atoms with Crippen LogP contribution < -0.4 is 10.5 Å². The van der Waals surface area contributed by atoms with Gasteiger partial charge in [0, 0.05) is 18.8 Å². The van der Waals surface area contributed by atoms with E-state index in [9.17, 15) is 0 Å². The smallest absolute Gasteiger partial charge is 0.217 e. The largest absolute Gasteiger partial charge is 0.439 e. The fourth-order valence-corrected chi connectivity index (χ4v) is 1.34. The molecular formula is C11H13N3O. The number of nitrogens with zero attached hydrogens (tertiary/aromatic N) is 2. The molecule has 2 N–H and O–H groups in total. The monoisotopic (exact) mass is 203 g/mol. The number of benzene rings is 1. The second-order valence-electron chi connectivity index (χ2n) is 3.42. The lowest BCUT2D eigenvalue weighted by Gasteiger charge is -2.04. The van der Waals surface area contributed by atoms with Crippen molar-refractivity contribution in [3.8, 4) is 11.6 Å². The molecule has 78 valence electrons. The highest BCUT2D eigenvalue weighted by molar-refractivity contribution is 5.42. The maximum Gasteiger partial charge on any atom is 0.217 e. The van der Waals surface area contributed by atoms with Crippen LogP contribution in [0.15, 0.2) is 30.3 Å². The molecule has 4 heteroatoms. The van der Waals surface area contributed by atoms with E-state index in [-0.39, 0.29) is 0 Å². The molecule has 1 aromatic carbocycles. The first-order valence-corrected chi connectivity index (χ1v) is 4.69. The molecule has 4 nitrogen and oxygen atoms in total. The van der Waals surface area contributed by atoms with Gasteiger partial charge in [-0.1, -0.05) is 0 Å². The van der Waals surface area contributed by atoms with Gasteiger partial charge in [0.15, 0.2) is 0 Å². The van der Waals surface area contributed by atoms with Crippen molar-refractivity contribution in [1.82, 2.24) is 9.78 Å². The van der Waals surface area contributed by atoms with Gasteiger partial charge in [-0.15, -0.1) is 0 Å². The van der Waals surface area contributed by atoms with E-state index in [0.29, 0.717) is 0 Å². The Hall–Kier alpha value is -1.97. The van der Waals surface area contributed by atoms with Crippen LogP contribution in [0, 0.1) is 6.92 Å². The van der Waals surface area contributed by atoms with Gasteiger partial charge < -0.3 is 10.5 Å². The Morgan fingerprint density at radius 1 is 1.27 bits per heavy atom. The van der Waals surface area contributed by atoms with E-state index in [0.717, 1.165) is 23.0 Å². The Bertz CT molecular complexity index is 459. The highest BCUT2D eigenvalue weighted by Gasteiger charge is 2.03. The molecule has 0 saturated heterocycles. The third kappa shape index (κ3) is 2.10. The lowest BCUT2D eigenvalue weighted by molar-refractivity contribution is 0.430. The average molecular weight is 203 g/mol. The van der Waals surface area contributed by atoms with E-state index < -0.39 is 0 Å². The van der Waals surface area contributed by atoms with Gasteiger partial charge in [-0.2, -0.15) is 5.10 Å². The molecule has 0 spiro atoms. The minimum Gasteiger partial charge on any atom is -0.439 e. The third-order valence-corrected chi connectivity index (χ3v) is 2.06. The molecule has 2 rings (SSSR count). The van der Waals surface area contributed by atoms with Crippen LogP contribution in [0.1, 0.15) is 5.69 Å². The van der Waals surface area contributed by atoms with Gasteiger partial charge >= 0.3 is 0 Å². The van der Waals surface area contributed by atoms with Crippen molar-refractivity contribution in [1.29, 1.82) is 0 Å². The standard InChI is InChI=1S/C11H13N3O/c1-8-7-11(14(2)13-8)15-10-5-3-9(12)4-6-10/h3-7H,12H2,1-2H3. The quantitative estimate of drug-likeness (QED) is 0.760. The number of rotatable bonds is 2. The summed E-state index contributed by atoms with van der Waals surface area (Å²) >= 11 is 0. The van der Waals surface area contributed by atoms with Gasteiger partial charge in [-0.25, -0.2) is 4.68 Å². The highest BCUT2D eigenvalue weighted by Crippen LogP contribution is 2.22. The van der Waals surface area contributed by atoms with Crippen LogP contribution in [0.5, 0.6) is 11.6 Å². The maximum absolute atomic E-state index is 5.63. The number of hydrogen-bond acceptors (Lipinski definition) is 3. The molecule has 0 aliphatic carbocycles. The molecule has 0 aliphatic rings. The predicted molar refractivity (Wildman–Crippen MR) is 58.9 cm³/mol. The van der Waals surface area contributed by atoms with Gasteiger partial charge in [0.25, 0.3) is 0 Å². The molecule has 1 heterocycles. The first kappa shape index (κ1) is 9.58. The van der Waals surface area contributed by atoms with E-state index in [1.165, 1.54) is 0 Å². The molecular weight excluding hydrogens is 190 g/mol. The first-order chi connectivity index (χ1) is 7.15. The summed E-state index contributed by atoms with van der Waals surface area (Å²) in [6.45, 7) is 1.93. The zero-order valence-corrected chi connectivity index (χ0v) is 8.77. The van der Waals surface area contributed by atoms with Crippen LogP contribution in [0.3, 0.4) is 0 Å². The van der Waals surface area contributed by atoms with Crippen molar-refractivity contribution < 1.29 is 4.74 Å². The number of nitrogen functional groups attached to an aromatic ring is 1. The van der Waals surface area contributed by atoms with Crippen LogP contribution >= 0.6 is 0 Å². The maximum atomic E-state index is 5.63. The van der Waals surface area contributed by atoms with Crippen molar-refractivity contribution in [3.63, 3.8) is 0 Å². The van der Waals surface area contributed by atoms with Gasteiger partial charge in [0.1, 0.15) is 5.75 Å². The molecule has 0 aliphatic heterocycles. The van der Waals surface area contributed by atoms with E-state index in [4.69, 9.17) is 10.5 Å². The summed E-state index contributed by atoms with van der Waals surface area (Å²) in [5.41, 5.74) is 7.24. The molecule has 0 bridgehead atoms. The van der Waals surface area contributed by atoms with Gasteiger partial charge in [-0.3, -0.25) is 0 Å². The summed E-state index contributed by atoms with van der Waals surface area (Å²) in [4.78, 5) is 0. The molecule has 0 unspecified atom stereocenters. The predicted octanol–water partition coefficient (Wildman–Crippen LogP) is 2.10. The number of aryl methyl sites for hydroxylation is 2. The first-order valence-electron chi connectivity index (χ1n) is 4.69. The van der Waals surface area contributed by atoms with E-state index >= 15 is 0 Å². The Morgan fingerprint density at radius 2 is 1.93 bits per heavy atom. The Balaban J connectivity index is 2.21. The second-order valence-corrected chi connectivity index (χ2v) is 3.42. The van der Waals surface area contributed by atoms with E-state index in [1.54, 1.807) is 16.8 Å². The highest BCUT2D eigenvalue weighted by atomic mass is 16.5. The summed E-state index contributed by atoms with van der Waals surface area (Å²) < 4.78 is 7.33. The minimum absolute atomic E-state index is 0.720.